The number of hydrogen-bond acceptors (Lipinski definition) is 2. The highest BCUT2D eigenvalue weighted by molar-refractivity contribution is 9.09. The molecule has 2 aromatic carbocycles. The van der Waals surface area contributed by atoms with Crippen LogP contribution in [-0.2, 0) is 10.7 Å². The lowest BCUT2D eigenvalue weighted by atomic mass is 10.1. The standard InChI is InChI=1S/C15H14Br2O2/c1-18-14-8-7-11(9-16)13(10-17)15(14)19-12-5-3-2-4-6-12/h2-8H,9-10H2,1H3. The van der Waals surface area contributed by atoms with Crippen molar-refractivity contribution in [3.05, 3.63) is 53.6 Å². The molecule has 2 rings (SSSR count). The lowest BCUT2D eigenvalue weighted by molar-refractivity contribution is 0.377. The van der Waals surface area contributed by atoms with Gasteiger partial charge in [0.1, 0.15) is 5.75 Å². The van der Waals surface area contributed by atoms with Crippen LogP contribution in [0.2, 0.25) is 0 Å². The van der Waals surface area contributed by atoms with Gasteiger partial charge < -0.3 is 9.47 Å². The number of rotatable bonds is 5. The Bertz CT molecular complexity index is 541. The highest BCUT2D eigenvalue weighted by Crippen LogP contribution is 2.38. The van der Waals surface area contributed by atoms with Gasteiger partial charge in [-0.2, -0.15) is 0 Å². The predicted octanol–water partition coefficient (Wildman–Crippen LogP) is 5.28. The third-order valence-corrected chi connectivity index (χ3v) is 3.95. The Morgan fingerprint density at radius 2 is 1.68 bits per heavy atom. The second-order valence-corrected chi connectivity index (χ2v) is 5.04. The van der Waals surface area contributed by atoms with E-state index < -0.39 is 0 Å². The molecule has 0 unspecified atom stereocenters. The third kappa shape index (κ3) is 3.31. The van der Waals surface area contributed by atoms with E-state index in [0.29, 0.717) is 5.33 Å². The molecule has 0 saturated carbocycles. The molecule has 0 aliphatic heterocycles. The molecule has 4 heteroatoms. The lowest BCUT2D eigenvalue weighted by Gasteiger charge is -2.16. The minimum atomic E-state index is 0.716. The number of halogens is 2. The molecule has 19 heavy (non-hydrogen) atoms. The summed E-state index contributed by atoms with van der Waals surface area (Å²) in [5, 5.41) is 1.50. The minimum absolute atomic E-state index is 0.716. The van der Waals surface area contributed by atoms with Crippen molar-refractivity contribution in [2.24, 2.45) is 0 Å². The summed E-state index contributed by atoms with van der Waals surface area (Å²) in [5.41, 5.74) is 2.28. The van der Waals surface area contributed by atoms with Crippen LogP contribution in [0.5, 0.6) is 17.2 Å². The van der Waals surface area contributed by atoms with Gasteiger partial charge in [-0.25, -0.2) is 0 Å². The molecule has 0 radical (unpaired) electrons. The highest BCUT2D eigenvalue weighted by atomic mass is 79.9. The van der Waals surface area contributed by atoms with Gasteiger partial charge in [0.25, 0.3) is 0 Å². The average Bonchev–Trinajstić information content (AvgIpc) is 2.47. The van der Waals surface area contributed by atoms with Crippen molar-refractivity contribution in [1.82, 2.24) is 0 Å². The number of hydrogen-bond donors (Lipinski definition) is 0. The van der Waals surface area contributed by atoms with Crippen molar-refractivity contribution < 1.29 is 9.47 Å². The van der Waals surface area contributed by atoms with E-state index in [0.717, 1.165) is 28.1 Å². The molecule has 0 saturated heterocycles. The summed E-state index contributed by atoms with van der Waals surface area (Å²) in [4.78, 5) is 0. The minimum Gasteiger partial charge on any atom is -0.493 e. The number of ether oxygens (including phenoxy) is 2. The van der Waals surface area contributed by atoms with E-state index in [-0.39, 0.29) is 0 Å². The number of benzene rings is 2. The molecule has 0 aliphatic rings. The Morgan fingerprint density at radius 3 is 2.26 bits per heavy atom. The molecule has 0 aromatic heterocycles. The maximum absolute atomic E-state index is 5.99. The second kappa shape index (κ2) is 6.96. The Labute approximate surface area is 130 Å². The van der Waals surface area contributed by atoms with Crippen molar-refractivity contribution in [2.75, 3.05) is 7.11 Å². The summed E-state index contributed by atoms with van der Waals surface area (Å²) in [6.45, 7) is 0. The van der Waals surface area contributed by atoms with Crippen molar-refractivity contribution >= 4 is 31.9 Å². The van der Waals surface area contributed by atoms with Gasteiger partial charge in [-0.15, -0.1) is 0 Å². The molecular formula is C15H14Br2O2. The van der Waals surface area contributed by atoms with Crippen molar-refractivity contribution in [2.45, 2.75) is 10.7 Å². The zero-order valence-electron chi connectivity index (χ0n) is 10.5. The zero-order chi connectivity index (χ0) is 13.7. The number of para-hydroxylation sites is 1. The topological polar surface area (TPSA) is 18.5 Å². The summed E-state index contributed by atoms with van der Waals surface area (Å²) in [5.74, 6) is 2.31. The van der Waals surface area contributed by atoms with Crippen molar-refractivity contribution in [3.8, 4) is 17.2 Å². The van der Waals surface area contributed by atoms with Crippen LogP contribution in [0.15, 0.2) is 42.5 Å². The normalized spacial score (nSPS) is 10.3. The van der Waals surface area contributed by atoms with Gasteiger partial charge in [-0.3, -0.25) is 0 Å². The van der Waals surface area contributed by atoms with E-state index in [1.54, 1.807) is 7.11 Å². The first-order valence-corrected chi connectivity index (χ1v) is 8.08. The summed E-state index contributed by atoms with van der Waals surface area (Å²) in [7, 11) is 1.65. The van der Waals surface area contributed by atoms with E-state index >= 15 is 0 Å². The maximum atomic E-state index is 5.99. The molecule has 0 spiro atoms. The van der Waals surface area contributed by atoms with Gasteiger partial charge in [-0.05, 0) is 23.8 Å². The number of alkyl halides is 2. The average molecular weight is 386 g/mol. The van der Waals surface area contributed by atoms with Crippen LogP contribution < -0.4 is 9.47 Å². The predicted molar refractivity (Wildman–Crippen MR) is 84.8 cm³/mol. The van der Waals surface area contributed by atoms with Crippen molar-refractivity contribution in [3.63, 3.8) is 0 Å². The van der Waals surface area contributed by atoms with Gasteiger partial charge >= 0.3 is 0 Å². The fourth-order valence-electron chi connectivity index (χ4n) is 1.80. The Morgan fingerprint density at radius 1 is 0.947 bits per heavy atom. The van der Waals surface area contributed by atoms with Gasteiger partial charge in [0.15, 0.2) is 11.5 Å². The van der Waals surface area contributed by atoms with Crippen LogP contribution in [0.1, 0.15) is 11.1 Å². The summed E-state index contributed by atoms with van der Waals surface area (Å²) in [6.07, 6.45) is 0. The van der Waals surface area contributed by atoms with E-state index in [1.807, 2.05) is 42.5 Å². The summed E-state index contributed by atoms with van der Waals surface area (Å²) >= 11 is 7.02. The van der Waals surface area contributed by atoms with E-state index in [4.69, 9.17) is 9.47 Å². The quantitative estimate of drug-likeness (QED) is 0.652. The fraction of sp³-hybridized carbons (Fsp3) is 0.200. The van der Waals surface area contributed by atoms with Crippen molar-refractivity contribution in [1.29, 1.82) is 0 Å². The summed E-state index contributed by atoms with van der Waals surface area (Å²) in [6, 6.07) is 13.7. The number of methoxy groups -OCH3 is 1. The third-order valence-electron chi connectivity index (χ3n) is 2.78. The summed E-state index contributed by atoms with van der Waals surface area (Å²) < 4.78 is 11.4. The van der Waals surface area contributed by atoms with Gasteiger partial charge in [0, 0.05) is 16.2 Å². The maximum Gasteiger partial charge on any atom is 0.173 e. The van der Waals surface area contributed by atoms with Crippen LogP contribution >= 0.6 is 31.9 Å². The molecule has 0 heterocycles. The Hall–Kier alpha value is -1.00. The molecule has 2 aromatic rings. The molecule has 100 valence electrons. The van der Waals surface area contributed by atoms with E-state index in [2.05, 4.69) is 31.9 Å². The smallest absolute Gasteiger partial charge is 0.173 e. The first-order valence-electron chi connectivity index (χ1n) is 5.83. The van der Waals surface area contributed by atoms with Gasteiger partial charge in [0.05, 0.1) is 7.11 Å². The van der Waals surface area contributed by atoms with Gasteiger partial charge in [0.2, 0.25) is 0 Å². The first-order chi connectivity index (χ1) is 9.30. The molecular weight excluding hydrogens is 372 g/mol. The van der Waals surface area contributed by atoms with Crippen LogP contribution in [-0.4, -0.2) is 7.11 Å². The SMILES string of the molecule is COc1ccc(CBr)c(CBr)c1Oc1ccccc1. The molecule has 0 fully saturated rings. The molecule has 2 nitrogen and oxygen atoms in total. The van der Waals surface area contributed by atoms with E-state index in [9.17, 15) is 0 Å². The second-order valence-electron chi connectivity index (χ2n) is 3.92. The molecule has 0 aliphatic carbocycles. The Balaban J connectivity index is 2.46. The lowest BCUT2D eigenvalue weighted by Crippen LogP contribution is -1.98. The van der Waals surface area contributed by atoms with Crippen LogP contribution in [0.4, 0.5) is 0 Å². The van der Waals surface area contributed by atoms with Crippen LogP contribution in [0.3, 0.4) is 0 Å². The Kier molecular flexibility index (Phi) is 5.28. The van der Waals surface area contributed by atoms with Crippen LogP contribution in [0.25, 0.3) is 0 Å². The largest absolute Gasteiger partial charge is 0.493 e. The van der Waals surface area contributed by atoms with E-state index in [1.165, 1.54) is 5.56 Å². The fourth-order valence-corrected chi connectivity index (χ4v) is 2.94. The molecule has 0 amide bonds. The molecule has 0 N–H and O–H groups in total. The zero-order valence-corrected chi connectivity index (χ0v) is 13.7. The highest BCUT2D eigenvalue weighted by Gasteiger charge is 2.15. The first kappa shape index (κ1) is 14.4. The van der Waals surface area contributed by atoms with Crippen LogP contribution in [0, 0.1) is 0 Å². The molecule has 0 bridgehead atoms. The van der Waals surface area contributed by atoms with Gasteiger partial charge in [-0.1, -0.05) is 56.1 Å². The molecule has 0 atom stereocenters. The monoisotopic (exact) mass is 384 g/mol.